The summed E-state index contributed by atoms with van der Waals surface area (Å²) in [5.41, 5.74) is 7.07. The van der Waals surface area contributed by atoms with Crippen molar-refractivity contribution in [1.29, 1.82) is 0 Å². The minimum absolute atomic E-state index is 0.00107. The number of rotatable bonds is 4. The van der Waals surface area contributed by atoms with Gasteiger partial charge in [0.05, 0.1) is 24.5 Å². The Kier molecular flexibility index (Phi) is 7.70. The highest BCUT2D eigenvalue weighted by molar-refractivity contribution is 5.97. The molecule has 5 rings (SSSR count). The summed E-state index contributed by atoms with van der Waals surface area (Å²) in [7, 11) is 0. The number of nitrogens with one attached hydrogen (secondary N) is 2. The van der Waals surface area contributed by atoms with Gasteiger partial charge in [-0.05, 0) is 29.8 Å². The van der Waals surface area contributed by atoms with Gasteiger partial charge in [0.1, 0.15) is 0 Å². The van der Waals surface area contributed by atoms with E-state index in [-0.39, 0.29) is 5.91 Å². The van der Waals surface area contributed by atoms with Gasteiger partial charge in [-0.25, -0.2) is 4.79 Å². The van der Waals surface area contributed by atoms with Crippen LogP contribution in [0.2, 0.25) is 0 Å². The highest BCUT2D eigenvalue weighted by Crippen LogP contribution is 2.27. The van der Waals surface area contributed by atoms with Crippen molar-refractivity contribution in [2.45, 2.75) is 19.1 Å². The fourth-order valence-electron chi connectivity index (χ4n) is 4.05. The fraction of sp³-hybridized carbons (Fsp3) is 0.320. The molecule has 11 heteroatoms. The van der Waals surface area contributed by atoms with Crippen LogP contribution >= 0.6 is 0 Å². The van der Waals surface area contributed by atoms with Crippen molar-refractivity contribution in [3.05, 3.63) is 65.5 Å². The normalized spacial score (nSPS) is 15.9. The molecule has 0 spiro atoms. The SMILES string of the molecule is O=C(O)C(F)(F)F.O=C1NCCc2[nH]c(-c3ccnc(-c4cccc(CN5CCOCC5)c4)c3)cc21. The summed E-state index contributed by atoms with van der Waals surface area (Å²) in [5.74, 6) is -2.76. The number of halogens is 3. The number of amides is 1. The first kappa shape index (κ1) is 25.4. The van der Waals surface area contributed by atoms with Gasteiger partial charge in [0.2, 0.25) is 0 Å². The molecule has 0 saturated carbocycles. The quantitative estimate of drug-likeness (QED) is 0.504. The van der Waals surface area contributed by atoms with Crippen LogP contribution in [-0.4, -0.2) is 70.9 Å². The van der Waals surface area contributed by atoms with Gasteiger partial charge in [-0.15, -0.1) is 0 Å². The van der Waals surface area contributed by atoms with Crippen LogP contribution in [0.3, 0.4) is 0 Å². The third kappa shape index (κ3) is 6.29. The molecule has 2 aliphatic rings. The van der Waals surface area contributed by atoms with Gasteiger partial charge in [-0.2, -0.15) is 13.2 Å². The topological polar surface area (TPSA) is 108 Å². The molecule has 36 heavy (non-hydrogen) atoms. The summed E-state index contributed by atoms with van der Waals surface area (Å²) in [6.45, 7) is 5.17. The lowest BCUT2D eigenvalue weighted by atomic mass is 10.0. The van der Waals surface area contributed by atoms with E-state index < -0.39 is 12.1 Å². The van der Waals surface area contributed by atoms with Crippen LogP contribution < -0.4 is 5.32 Å². The van der Waals surface area contributed by atoms with E-state index in [4.69, 9.17) is 14.6 Å². The second-order valence-electron chi connectivity index (χ2n) is 8.40. The van der Waals surface area contributed by atoms with Crippen molar-refractivity contribution in [1.82, 2.24) is 20.2 Å². The number of morpholine rings is 1. The second kappa shape index (κ2) is 10.9. The van der Waals surface area contributed by atoms with Crippen LogP contribution in [0, 0.1) is 0 Å². The highest BCUT2D eigenvalue weighted by atomic mass is 19.4. The molecular weight excluding hydrogens is 477 g/mol. The average Bonchev–Trinajstić information content (AvgIpc) is 3.31. The Hall–Kier alpha value is -3.70. The van der Waals surface area contributed by atoms with E-state index >= 15 is 0 Å². The predicted octanol–water partition coefficient (Wildman–Crippen LogP) is 3.50. The smallest absolute Gasteiger partial charge is 0.475 e. The van der Waals surface area contributed by atoms with Crippen LogP contribution in [0.5, 0.6) is 0 Å². The summed E-state index contributed by atoms with van der Waals surface area (Å²) in [6.07, 6.45) is -2.41. The molecule has 0 bridgehead atoms. The van der Waals surface area contributed by atoms with E-state index in [1.165, 1.54) is 5.56 Å². The Balaban J connectivity index is 0.000000384. The predicted molar refractivity (Wildman–Crippen MR) is 125 cm³/mol. The zero-order valence-corrected chi connectivity index (χ0v) is 19.3. The monoisotopic (exact) mass is 502 g/mol. The molecule has 3 aromatic rings. The molecule has 190 valence electrons. The zero-order chi connectivity index (χ0) is 25.7. The van der Waals surface area contributed by atoms with Gasteiger partial charge in [0, 0.05) is 61.3 Å². The molecule has 3 N–H and O–H groups in total. The molecule has 0 atom stereocenters. The number of nitrogens with zero attached hydrogens (tertiary/aromatic N) is 2. The largest absolute Gasteiger partial charge is 0.490 e. The van der Waals surface area contributed by atoms with Gasteiger partial charge < -0.3 is 20.1 Å². The third-order valence-corrected chi connectivity index (χ3v) is 5.85. The molecule has 8 nitrogen and oxygen atoms in total. The number of hydrogen-bond donors (Lipinski definition) is 3. The van der Waals surface area contributed by atoms with Crippen molar-refractivity contribution < 1.29 is 32.6 Å². The minimum Gasteiger partial charge on any atom is -0.475 e. The lowest BCUT2D eigenvalue weighted by Crippen LogP contribution is -2.35. The molecule has 0 aliphatic carbocycles. The number of carboxylic acids is 1. The number of ether oxygens (including phenoxy) is 1. The summed E-state index contributed by atoms with van der Waals surface area (Å²) < 4.78 is 37.2. The van der Waals surface area contributed by atoms with Crippen molar-refractivity contribution in [2.24, 2.45) is 0 Å². The maximum absolute atomic E-state index is 12.1. The standard InChI is InChI=1S/C23H24N4O2.C2HF3O2/c28-23-19-14-22(26-20(19)5-7-25-23)18-4-6-24-21(13-18)17-3-1-2-16(12-17)15-27-8-10-29-11-9-27;3-2(4,5)1(6)7/h1-4,6,12-14,26H,5,7-11,15H2,(H,25,28);(H,6,7). The lowest BCUT2D eigenvalue weighted by Gasteiger charge is -2.26. The molecule has 0 unspecified atom stereocenters. The van der Waals surface area contributed by atoms with E-state index in [9.17, 15) is 18.0 Å². The van der Waals surface area contributed by atoms with E-state index in [1.807, 2.05) is 18.3 Å². The Bertz CT molecular complexity index is 1240. The Morgan fingerprint density at radius 1 is 1.11 bits per heavy atom. The number of carbonyl (C=O) groups excluding carboxylic acids is 1. The number of pyridine rings is 1. The summed E-state index contributed by atoms with van der Waals surface area (Å²) in [4.78, 5) is 31.4. The zero-order valence-electron chi connectivity index (χ0n) is 19.3. The lowest BCUT2D eigenvalue weighted by molar-refractivity contribution is -0.192. The molecule has 1 saturated heterocycles. The molecule has 1 aromatic carbocycles. The third-order valence-electron chi connectivity index (χ3n) is 5.85. The van der Waals surface area contributed by atoms with Crippen LogP contribution in [0.1, 0.15) is 21.6 Å². The van der Waals surface area contributed by atoms with Gasteiger partial charge >= 0.3 is 12.1 Å². The van der Waals surface area contributed by atoms with E-state index in [1.54, 1.807) is 0 Å². The van der Waals surface area contributed by atoms with Crippen molar-refractivity contribution in [2.75, 3.05) is 32.8 Å². The molecule has 2 aromatic heterocycles. The first-order valence-corrected chi connectivity index (χ1v) is 11.4. The number of aliphatic carboxylic acids is 1. The van der Waals surface area contributed by atoms with Gasteiger partial charge in [-0.1, -0.05) is 18.2 Å². The fourth-order valence-corrected chi connectivity index (χ4v) is 4.05. The number of carbonyl (C=O) groups is 2. The Labute approximate surface area is 205 Å². The Morgan fingerprint density at radius 2 is 1.86 bits per heavy atom. The van der Waals surface area contributed by atoms with E-state index in [2.05, 4.69) is 50.5 Å². The molecule has 4 heterocycles. The van der Waals surface area contributed by atoms with Gasteiger partial charge in [-0.3, -0.25) is 14.7 Å². The van der Waals surface area contributed by atoms with Crippen LogP contribution in [-0.2, 0) is 22.5 Å². The molecule has 1 amide bonds. The van der Waals surface area contributed by atoms with Crippen LogP contribution in [0.25, 0.3) is 22.5 Å². The number of fused-ring (bicyclic) bond motifs is 1. The van der Waals surface area contributed by atoms with Crippen molar-refractivity contribution >= 4 is 11.9 Å². The van der Waals surface area contributed by atoms with Crippen LogP contribution in [0.15, 0.2) is 48.7 Å². The maximum Gasteiger partial charge on any atom is 0.490 e. The first-order chi connectivity index (χ1) is 17.2. The molecule has 1 fully saturated rings. The average molecular weight is 502 g/mol. The summed E-state index contributed by atoms with van der Waals surface area (Å²) >= 11 is 0. The first-order valence-electron chi connectivity index (χ1n) is 11.4. The van der Waals surface area contributed by atoms with Gasteiger partial charge in [0.25, 0.3) is 5.91 Å². The number of alkyl halides is 3. The van der Waals surface area contributed by atoms with Gasteiger partial charge in [0.15, 0.2) is 0 Å². The minimum atomic E-state index is -5.08. The Morgan fingerprint density at radius 3 is 2.56 bits per heavy atom. The molecular formula is C25H25F3N4O4. The van der Waals surface area contributed by atoms with Crippen molar-refractivity contribution in [3.8, 4) is 22.5 Å². The molecule has 0 radical (unpaired) electrons. The second-order valence-corrected chi connectivity index (χ2v) is 8.40. The highest BCUT2D eigenvalue weighted by Gasteiger charge is 2.38. The van der Waals surface area contributed by atoms with E-state index in [0.717, 1.165) is 73.0 Å². The van der Waals surface area contributed by atoms with E-state index in [0.29, 0.717) is 6.54 Å². The number of H-pyrrole nitrogens is 1. The van der Waals surface area contributed by atoms with Crippen LogP contribution in [0.4, 0.5) is 13.2 Å². The number of benzene rings is 1. The maximum atomic E-state index is 12.1. The summed E-state index contributed by atoms with van der Waals surface area (Å²) in [6, 6.07) is 14.6. The number of carboxylic acid groups (broad SMARTS) is 1. The number of aromatic nitrogens is 2. The van der Waals surface area contributed by atoms with Crippen molar-refractivity contribution in [3.63, 3.8) is 0 Å². The molecule has 2 aliphatic heterocycles. The summed E-state index contributed by atoms with van der Waals surface area (Å²) in [5, 5.41) is 10.0. The number of aromatic amines is 1. The number of hydrogen-bond acceptors (Lipinski definition) is 5.